The average molecular weight is 382 g/mol. The Morgan fingerprint density at radius 3 is 2.58 bits per heavy atom. The molecule has 2 unspecified atom stereocenters. The SMILES string of the molecule is CCN(CCN1C(=O)C(C)SC1c1ccccc1F)C(=O)NC(C)(C)C. The molecule has 0 aromatic heterocycles. The van der Waals surface area contributed by atoms with Gasteiger partial charge in [-0.2, -0.15) is 0 Å². The van der Waals surface area contributed by atoms with Gasteiger partial charge in [0, 0.05) is 30.7 Å². The zero-order valence-corrected chi connectivity index (χ0v) is 16.9. The van der Waals surface area contributed by atoms with Crippen molar-refractivity contribution in [2.75, 3.05) is 19.6 Å². The Morgan fingerprint density at radius 1 is 1.35 bits per heavy atom. The van der Waals surface area contributed by atoms with Gasteiger partial charge < -0.3 is 15.1 Å². The van der Waals surface area contributed by atoms with Crippen LogP contribution in [-0.4, -0.2) is 52.2 Å². The fraction of sp³-hybridized carbons (Fsp3) is 0.579. The molecule has 2 rings (SSSR count). The highest BCUT2D eigenvalue weighted by Crippen LogP contribution is 2.43. The van der Waals surface area contributed by atoms with Gasteiger partial charge in [0.1, 0.15) is 11.2 Å². The van der Waals surface area contributed by atoms with Crippen LogP contribution in [0.15, 0.2) is 24.3 Å². The second-order valence-electron chi connectivity index (χ2n) is 7.44. The molecule has 0 spiro atoms. The summed E-state index contributed by atoms with van der Waals surface area (Å²) in [5.74, 6) is -0.328. The van der Waals surface area contributed by atoms with Gasteiger partial charge in [-0.05, 0) is 40.7 Å². The summed E-state index contributed by atoms with van der Waals surface area (Å²) < 4.78 is 14.2. The summed E-state index contributed by atoms with van der Waals surface area (Å²) in [7, 11) is 0. The highest BCUT2D eigenvalue weighted by molar-refractivity contribution is 8.01. The van der Waals surface area contributed by atoms with Crippen LogP contribution in [0.25, 0.3) is 0 Å². The minimum absolute atomic E-state index is 0.0180. The van der Waals surface area contributed by atoms with Gasteiger partial charge in [0.05, 0.1) is 5.25 Å². The number of hydrogen-bond donors (Lipinski definition) is 1. The molecule has 0 saturated carbocycles. The fourth-order valence-corrected chi connectivity index (χ4v) is 4.18. The van der Waals surface area contributed by atoms with E-state index in [1.165, 1.54) is 17.8 Å². The number of hydrogen-bond acceptors (Lipinski definition) is 3. The molecule has 1 aliphatic rings. The van der Waals surface area contributed by atoms with E-state index in [1.54, 1.807) is 28.0 Å². The van der Waals surface area contributed by atoms with E-state index in [4.69, 9.17) is 0 Å². The van der Waals surface area contributed by atoms with E-state index < -0.39 is 0 Å². The maximum atomic E-state index is 14.2. The molecule has 0 radical (unpaired) electrons. The summed E-state index contributed by atoms with van der Waals surface area (Å²) in [6, 6.07) is 6.39. The number of amides is 3. The van der Waals surface area contributed by atoms with E-state index in [0.29, 0.717) is 25.2 Å². The molecule has 0 bridgehead atoms. The lowest BCUT2D eigenvalue weighted by atomic mass is 10.1. The number of rotatable bonds is 5. The Morgan fingerprint density at radius 2 is 2.00 bits per heavy atom. The third-order valence-electron chi connectivity index (χ3n) is 4.18. The Balaban J connectivity index is 2.11. The number of thioether (sulfide) groups is 1. The first-order chi connectivity index (χ1) is 12.1. The zero-order chi connectivity index (χ0) is 19.5. The van der Waals surface area contributed by atoms with Gasteiger partial charge in [-0.3, -0.25) is 4.79 Å². The lowest BCUT2D eigenvalue weighted by Crippen LogP contribution is -2.50. The van der Waals surface area contributed by atoms with Crippen LogP contribution in [-0.2, 0) is 4.79 Å². The van der Waals surface area contributed by atoms with Crippen LogP contribution >= 0.6 is 11.8 Å². The van der Waals surface area contributed by atoms with Crippen molar-refractivity contribution in [3.05, 3.63) is 35.6 Å². The Labute approximate surface area is 159 Å². The molecule has 1 aromatic rings. The highest BCUT2D eigenvalue weighted by Gasteiger charge is 2.39. The van der Waals surface area contributed by atoms with Crippen molar-refractivity contribution in [3.8, 4) is 0 Å². The normalized spacial score (nSPS) is 20.4. The van der Waals surface area contributed by atoms with Crippen molar-refractivity contribution in [3.63, 3.8) is 0 Å². The number of carbonyl (C=O) groups excluding carboxylic acids is 2. The maximum absolute atomic E-state index is 14.2. The Kier molecular flexibility index (Phi) is 6.55. The standard InChI is InChI=1S/C19H28FN3O2S/c1-6-22(18(25)21-19(3,4)5)11-12-23-16(24)13(2)26-17(23)14-9-7-8-10-15(14)20/h7-10,13,17H,6,11-12H2,1-5H3,(H,21,25). The van der Waals surface area contributed by atoms with E-state index in [1.807, 2.05) is 34.6 Å². The minimum Gasteiger partial charge on any atom is -0.333 e. The zero-order valence-electron chi connectivity index (χ0n) is 16.1. The number of nitrogens with one attached hydrogen (secondary N) is 1. The summed E-state index contributed by atoms with van der Waals surface area (Å²) in [5.41, 5.74) is 0.186. The first-order valence-electron chi connectivity index (χ1n) is 8.91. The van der Waals surface area contributed by atoms with Crippen LogP contribution in [0.5, 0.6) is 0 Å². The number of urea groups is 1. The van der Waals surface area contributed by atoms with Crippen LogP contribution in [0.1, 0.15) is 45.6 Å². The van der Waals surface area contributed by atoms with Crippen LogP contribution < -0.4 is 5.32 Å². The molecular formula is C19H28FN3O2S. The van der Waals surface area contributed by atoms with Crippen LogP contribution in [0.3, 0.4) is 0 Å². The van der Waals surface area contributed by atoms with E-state index in [-0.39, 0.29) is 33.9 Å². The third-order valence-corrected chi connectivity index (χ3v) is 5.56. The van der Waals surface area contributed by atoms with Crippen LogP contribution in [0.2, 0.25) is 0 Å². The number of nitrogens with zero attached hydrogens (tertiary/aromatic N) is 2. The monoisotopic (exact) mass is 381 g/mol. The first-order valence-corrected chi connectivity index (χ1v) is 9.85. The van der Waals surface area contributed by atoms with Gasteiger partial charge in [-0.25, -0.2) is 9.18 Å². The van der Waals surface area contributed by atoms with Crippen LogP contribution in [0, 0.1) is 5.82 Å². The van der Waals surface area contributed by atoms with Crippen molar-refractivity contribution in [2.45, 2.75) is 50.8 Å². The topological polar surface area (TPSA) is 52.7 Å². The molecule has 1 aromatic carbocycles. The lowest BCUT2D eigenvalue weighted by Gasteiger charge is -2.30. The smallest absolute Gasteiger partial charge is 0.317 e. The van der Waals surface area contributed by atoms with E-state index in [2.05, 4.69) is 5.32 Å². The van der Waals surface area contributed by atoms with Gasteiger partial charge in [-0.15, -0.1) is 11.8 Å². The van der Waals surface area contributed by atoms with Crippen LogP contribution in [0.4, 0.5) is 9.18 Å². The second-order valence-corrected chi connectivity index (χ2v) is 8.87. The fourth-order valence-electron chi connectivity index (χ4n) is 2.85. The highest BCUT2D eigenvalue weighted by atomic mass is 32.2. The molecular weight excluding hydrogens is 353 g/mol. The Bertz CT molecular complexity index is 662. The predicted molar refractivity (Wildman–Crippen MR) is 103 cm³/mol. The van der Waals surface area contributed by atoms with Crippen molar-refractivity contribution in [2.24, 2.45) is 0 Å². The molecule has 7 heteroatoms. The summed E-state index contributed by atoms with van der Waals surface area (Å²) in [4.78, 5) is 28.3. The quantitative estimate of drug-likeness (QED) is 0.848. The summed E-state index contributed by atoms with van der Waals surface area (Å²) in [6.45, 7) is 10.8. The van der Waals surface area contributed by atoms with Crippen molar-refractivity contribution >= 4 is 23.7 Å². The minimum atomic E-state index is -0.358. The molecule has 3 amide bonds. The van der Waals surface area contributed by atoms with Crippen molar-refractivity contribution in [1.82, 2.24) is 15.1 Å². The second kappa shape index (κ2) is 8.29. The first kappa shape index (κ1) is 20.6. The van der Waals surface area contributed by atoms with Gasteiger partial charge in [-0.1, -0.05) is 18.2 Å². The predicted octanol–water partition coefficient (Wildman–Crippen LogP) is 3.62. The molecule has 26 heavy (non-hydrogen) atoms. The van der Waals surface area contributed by atoms with E-state index >= 15 is 0 Å². The number of likely N-dealkylation sites (N-methyl/N-ethyl adjacent to an activating group) is 1. The number of halogens is 1. The summed E-state index contributed by atoms with van der Waals surface area (Å²) in [6.07, 6.45) is 0. The summed E-state index contributed by atoms with van der Waals surface area (Å²) in [5, 5.41) is 2.35. The molecule has 1 aliphatic heterocycles. The molecule has 1 saturated heterocycles. The molecule has 144 valence electrons. The van der Waals surface area contributed by atoms with Gasteiger partial charge in [0.2, 0.25) is 5.91 Å². The largest absolute Gasteiger partial charge is 0.333 e. The van der Waals surface area contributed by atoms with Gasteiger partial charge in [0.15, 0.2) is 0 Å². The molecule has 1 heterocycles. The van der Waals surface area contributed by atoms with E-state index in [0.717, 1.165) is 0 Å². The summed E-state index contributed by atoms with van der Waals surface area (Å²) >= 11 is 1.44. The number of benzene rings is 1. The van der Waals surface area contributed by atoms with Gasteiger partial charge in [0.25, 0.3) is 0 Å². The third kappa shape index (κ3) is 4.90. The van der Waals surface area contributed by atoms with Crippen molar-refractivity contribution in [1.29, 1.82) is 0 Å². The molecule has 2 atom stereocenters. The molecule has 5 nitrogen and oxygen atoms in total. The maximum Gasteiger partial charge on any atom is 0.317 e. The molecule has 0 aliphatic carbocycles. The average Bonchev–Trinajstić information content (AvgIpc) is 2.82. The molecule has 1 fully saturated rings. The molecule has 1 N–H and O–H groups in total. The Hall–Kier alpha value is -1.76. The van der Waals surface area contributed by atoms with E-state index in [9.17, 15) is 14.0 Å². The number of carbonyl (C=O) groups is 2. The van der Waals surface area contributed by atoms with Crippen molar-refractivity contribution < 1.29 is 14.0 Å². The van der Waals surface area contributed by atoms with Gasteiger partial charge >= 0.3 is 6.03 Å². The lowest BCUT2D eigenvalue weighted by molar-refractivity contribution is -0.130.